The van der Waals surface area contributed by atoms with Gasteiger partial charge in [0.15, 0.2) is 11.6 Å². The van der Waals surface area contributed by atoms with Crippen molar-refractivity contribution in [2.24, 2.45) is 0 Å². The number of anilines is 2. The molecule has 0 aromatic heterocycles. The Morgan fingerprint density at radius 1 is 1.06 bits per heavy atom. The zero-order valence-electron chi connectivity index (χ0n) is 16.3. The number of nitrogens with one attached hydrogen (secondary N) is 1. The van der Waals surface area contributed by atoms with Crippen molar-refractivity contribution in [1.82, 2.24) is 0 Å². The average molecular weight is 503 g/mol. The van der Waals surface area contributed by atoms with Crippen molar-refractivity contribution in [2.45, 2.75) is 5.41 Å². The van der Waals surface area contributed by atoms with E-state index in [1.54, 1.807) is 24.3 Å². The van der Waals surface area contributed by atoms with Crippen LogP contribution in [0.15, 0.2) is 59.1 Å². The molecule has 0 fully saturated rings. The van der Waals surface area contributed by atoms with E-state index in [9.17, 15) is 22.8 Å². The molecule has 1 spiro atoms. The molecule has 2 amide bonds. The minimum atomic E-state index is -1.45. The summed E-state index contributed by atoms with van der Waals surface area (Å²) in [4.78, 5) is 27.6. The van der Waals surface area contributed by atoms with Crippen LogP contribution in [0.1, 0.15) is 11.1 Å². The lowest BCUT2D eigenvalue weighted by Gasteiger charge is -2.23. The minimum absolute atomic E-state index is 0.0135. The highest BCUT2D eigenvalue weighted by atomic mass is 79.9. The van der Waals surface area contributed by atoms with Gasteiger partial charge < -0.3 is 15.0 Å². The SMILES string of the molecule is O=C(CN1C(=O)C2(COc3cc(F)c(F)cc32)c2c(Br)cccc21)Nc1ccccc1F. The van der Waals surface area contributed by atoms with E-state index in [0.717, 1.165) is 12.1 Å². The van der Waals surface area contributed by atoms with Crippen LogP contribution in [0.3, 0.4) is 0 Å². The monoisotopic (exact) mass is 502 g/mol. The van der Waals surface area contributed by atoms with E-state index >= 15 is 0 Å². The van der Waals surface area contributed by atoms with E-state index in [1.807, 2.05) is 0 Å². The van der Waals surface area contributed by atoms with Crippen molar-refractivity contribution in [2.75, 3.05) is 23.4 Å². The molecular weight excluding hydrogens is 489 g/mol. The number of nitrogens with zero attached hydrogens (tertiary/aromatic N) is 1. The number of hydrogen-bond acceptors (Lipinski definition) is 3. The molecule has 0 saturated carbocycles. The van der Waals surface area contributed by atoms with Gasteiger partial charge in [0.25, 0.3) is 0 Å². The lowest BCUT2D eigenvalue weighted by Crippen LogP contribution is -2.45. The molecule has 5 nitrogen and oxygen atoms in total. The van der Waals surface area contributed by atoms with Crippen LogP contribution in [-0.2, 0) is 15.0 Å². The third-order valence-electron chi connectivity index (χ3n) is 5.70. The fourth-order valence-corrected chi connectivity index (χ4v) is 4.98. The summed E-state index contributed by atoms with van der Waals surface area (Å²) < 4.78 is 48.0. The van der Waals surface area contributed by atoms with Gasteiger partial charge in [0.2, 0.25) is 11.8 Å². The van der Waals surface area contributed by atoms with E-state index in [0.29, 0.717) is 15.7 Å². The standard InChI is InChI=1S/C23H14BrF3N2O3/c24-13-4-3-7-18-21(13)23(11-32-19-9-16(27)15(26)8-12(19)23)22(31)29(18)10-20(30)28-17-6-2-1-5-14(17)25/h1-9H,10-11H2,(H,28,30). The molecule has 32 heavy (non-hydrogen) atoms. The third-order valence-corrected chi connectivity index (χ3v) is 6.36. The maximum Gasteiger partial charge on any atom is 0.246 e. The molecule has 0 aliphatic carbocycles. The van der Waals surface area contributed by atoms with Crippen molar-refractivity contribution in [3.63, 3.8) is 0 Å². The Hall–Kier alpha value is -3.33. The number of carbonyl (C=O) groups excluding carboxylic acids is 2. The van der Waals surface area contributed by atoms with Crippen LogP contribution in [0.5, 0.6) is 5.75 Å². The summed E-state index contributed by atoms with van der Waals surface area (Å²) in [6.45, 7) is -0.581. The topological polar surface area (TPSA) is 58.6 Å². The van der Waals surface area contributed by atoms with Crippen LogP contribution < -0.4 is 15.0 Å². The van der Waals surface area contributed by atoms with Crippen LogP contribution in [0.4, 0.5) is 24.5 Å². The largest absolute Gasteiger partial charge is 0.491 e. The molecule has 2 heterocycles. The smallest absolute Gasteiger partial charge is 0.246 e. The molecule has 1 atom stereocenters. The van der Waals surface area contributed by atoms with Crippen molar-refractivity contribution < 1.29 is 27.5 Å². The van der Waals surface area contributed by atoms with Crippen molar-refractivity contribution in [1.29, 1.82) is 0 Å². The van der Waals surface area contributed by atoms with Crippen LogP contribution in [0, 0.1) is 17.5 Å². The van der Waals surface area contributed by atoms with Gasteiger partial charge in [-0.15, -0.1) is 0 Å². The first kappa shape index (κ1) is 20.6. The van der Waals surface area contributed by atoms with E-state index in [-0.39, 0.29) is 23.6 Å². The van der Waals surface area contributed by atoms with Crippen molar-refractivity contribution in [3.8, 4) is 5.75 Å². The number of rotatable bonds is 3. The fraction of sp³-hybridized carbons (Fsp3) is 0.130. The first-order valence-electron chi connectivity index (χ1n) is 9.60. The Labute approximate surface area is 188 Å². The number of benzene rings is 3. The Kier molecular flexibility index (Phi) is 4.74. The highest BCUT2D eigenvalue weighted by Crippen LogP contribution is 2.54. The molecule has 3 aromatic carbocycles. The maximum absolute atomic E-state index is 14.1. The van der Waals surface area contributed by atoms with E-state index in [4.69, 9.17) is 4.74 Å². The van der Waals surface area contributed by atoms with Crippen LogP contribution in [0.2, 0.25) is 0 Å². The first-order valence-corrected chi connectivity index (χ1v) is 10.4. The van der Waals surface area contributed by atoms with E-state index in [2.05, 4.69) is 21.2 Å². The molecule has 9 heteroatoms. The summed E-state index contributed by atoms with van der Waals surface area (Å²) in [6, 6.07) is 12.6. The summed E-state index contributed by atoms with van der Waals surface area (Å²) >= 11 is 3.45. The number of ether oxygens (including phenoxy) is 1. The van der Waals surface area contributed by atoms with E-state index < -0.39 is 41.2 Å². The number of para-hydroxylation sites is 1. The molecule has 2 aliphatic rings. The number of fused-ring (bicyclic) bond motifs is 4. The van der Waals surface area contributed by atoms with E-state index in [1.165, 1.54) is 23.1 Å². The quantitative estimate of drug-likeness (QED) is 0.572. The van der Waals surface area contributed by atoms with Crippen LogP contribution >= 0.6 is 15.9 Å². The fourth-order valence-electron chi connectivity index (χ4n) is 4.29. The second-order valence-corrected chi connectivity index (χ2v) is 8.36. The van der Waals surface area contributed by atoms with Crippen LogP contribution in [0.25, 0.3) is 0 Å². The molecule has 3 aromatic rings. The molecule has 0 saturated heterocycles. The normalized spacial score (nSPS) is 18.5. The highest BCUT2D eigenvalue weighted by molar-refractivity contribution is 9.10. The summed E-state index contributed by atoms with van der Waals surface area (Å²) in [5, 5.41) is 2.46. The average Bonchev–Trinajstić information content (AvgIpc) is 3.23. The number of hydrogen-bond donors (Lipinski definition) is 1. The summed E-state index contributed by atoms with van der Waals surface area (Å²) in [5.74, 6) is -3.87. The van der Waals surface area contributed by atoms with Gasteiger partial charge in [-0.25, -0.2) is 13.2 Å². The Balaban J connectivity index is 1.57. The number of amides is 2. The molecule has 2 aliphatic heterocycles. The van der Waals surface area contributed by atoms with Gasteiger partial charge in [-0.3, -0.25) is 9.59 Å². The zero-order chi connectivity index (χ0) is 22.6. The van der Waals surface area contributed by atoms with Gasteiger partial charge in [-0.1, -0.05) is 34.1 Å². The van der Waals surface area contributed by atoms with Crippen molar-refractivity contribution in [3.05, 3.63) is 87.6 Å². The van der Waals surface area contributed by atoms with Gasteiger partial charge in [0.1, 0.15) is 30.1 Å². The maximum atomic E-state index is 14.1. The van der Waals surface area contributed by atoms with Gasteiger partial charge in [0.05, 0.1) is 11.4 Å². The Morgan fingerprint density at radius 2 is 1.81 bits per heavy atom. The molecule has 0 radical (unpaired) electrons. The first-order chi connectivity index (χ1) is 15.3. The lowest BCUT2D eigenvalue weighted by molar-refractivity contribution is -0.124. The molecule has 0 bridgehead atoms. The number of carbonyl (C=O) groups is 2. The predicted octanol–water partition coefficient (Wildman–Crippen LogP) is 4.53. The minimum Gasteiger partial charge on any atom is -0.491 e. The van der Waals surface area contributed by atoms with Gasteiger partial charge >= 0.3 is 0 Å². The molecule has 1 N–H and O–H groups in total. The highest BCUT2D eigenvalue weighted by Gasteiger charge is 2.58. The van der Waals surface area contributed by atoms with Gasteiger partial charge in [-0.2, -0.15) is 0 Å². The van der Waals surface area contributed by atoms with Gasteiger partial charge in [-0.05, 0) is 30.3 Å². The van der Waals surface area contributed by atoms with Gasteiger partial charge in [0, 0.05) is 21.7 Å². The van der Waals surface area contributed by atoms with Crippen molar-refractivity contribution >= 4 is 39.1 Å². The number of halogens is 4. The summed E-state index contributed by atoms with van der Waals surface area (Å²) in [7, 11) is 0. The molecule has 1 unspecified atom stereocenters. The lowest BCUT2D eigenvalue weighted by atomic mass is 9.77. The van der Waals surface area contributed by atoms with Crippen LogP contribution in [-0.4, -0.2) is 25.0 Å². The zero-order valence-corrected chi connectivity index (χ0v) is 17.9. The molecule has 162 valence electrons. The summed E-state index contributed by atoms with van der Waals surface area (Å²) in [6.07, 6.45) is 0. The second-order valence-electron chi connectivity index (χ2n) is 7.51. The Bertz CT molecular complexity index is 1300. The third kappa shape index (κ3) is 2.91. The second kappa shape index (κ2) is 7.37. The predicted molar refractivity (Wildman–Crippen MR) is 114 cm³/mol. The molecular formula is C23H14BrF3N2O3. The summed E-state index contributed by atoms with van der Waals surface area (Å²) in [5.41, 5.74) is -0.355. The Morgan fingerprint density at radius 3 is 2.59 bits per heavy atom. The molecule has 5 rings (SSSR count).